The van der Waals surface area contributed by atoms with Gasteiger partial charge in [0.15, 0.2) is 0 Å². The number of nitrogens with zero attached hydrogens (tertiary/aromatic N) is 3. The molecule has 6 heteroatoms. The molecule has 0 saturated carbocycles. The summed E-state index contributed by atoms with van der Waals surface area (Å²) in [5, 5.41) is 7.62. The highest BCUT2D eigenvalue weighted by molar-refractivity contribution is 7.80. The van der Waals surface area contributed by atoms with E-state index in [4.69, 9.17) is 18.0 Å². The van der Waals surface area contributed by atoms with Crippen LogP contribution in [-0.4, -0.2) is 19.8 Å². The van der Waals surface area contributed by atoms with Crippen LogP contribution in [0.15, 0.2) is 24.5 Å². The Morgan fingerprint density at radius 2 is 2.11 bits per heavy atom. The molecule has 0 aliphatic heterocycles. The van der Waals surface area contributed by atoms with Gasteiger partial charge < -0.3 is 11.1 Å². The third-order valence-corrected chi connectivity index (χ3v) is 2.88. The molecule has 0 amide bonds. The van der Waals surface area contributed by atoms with Crippen LogP contribution in [0.4, 0.5) is 5.82 Å². The van der Waals surface area contributed by atoms with Crippen molar-refractivity contribution in [1.82, 2.24) is 14.8 Å². The number of aromatic nitrogens is 3. The number of nitrogens with one attached hydrogen (secondary N) is 1. The molecule has 18 heavy (non-hydrogen) atoms. The second-order valence-electron chi connectivity index (χ2n) is 4.01. The van der Waals surface area contributed by atoms with E-state index >= 15 is 0 Å². The summed E-state index contributed by atoms with van der Waals surface area (Å²) in [6, 6.07) is 3.91. The van der Waals surface area contributed by atoms with E-state index in [-0.39, 0.29) is 0 Å². The summed E-state index contributed by atoms with van der Waals surface area (Å²) in [6.07, 6.45) is 3.53. The Labute approximate surface area is 111 Å². The third-order valence-electron chi connectivity index (χ3n) is 2.68. The van der Waals surface area contributed by atoms with Gasteiger partial charge in [-0.25, -0.2) is 0 Å². The fourth-order valence-electron chi connectivity index (χ4n) is 1.84. The predicted octanol–water partition coefficient (Wildman–Crippen LogP) is 1.37. The molecule has 0 fully saturated rings. The minimum Gasteiger partial charge on any atom is -0.389 e. The maximum Gasteiger partial charge on any atom is 0.134 e. The van der Waals surface area contributed by atoms with Gasteiger partial charge in [0.25, 0.3) is 0 Å². The zero-order chi connectivity index (χ0) is 13.1. The quantitative estimate of drug-likeness (QED) is 0.814. The molecule has 94 valence electrons. The number of nitrogens with two attached hydrogens (primary N) is 1. The summed E-state index contributed by atoms with van der Waals surface area (Å²) in [5.74, 6) is 0.844. The average Bonchev–Trinajstić information content (AvgIpc) is 2.62. The Balaban J connectivity index is 2.22. The van der Waals surface area contributed by atoms with Gasteiger partial charge in [-0.3, -0.25) is 9.67 Å². The van der Waals surface area contributed by atoms with Gasteiger partial charge >= 0.3 is 0 Å². The maximum atomic E-state index is 5.73. The summed E-state index contributed by atoms with van der Waals surface area (Å²) >= 11 is 5.06. The highest BCUT2D eigenvalue weighted by Crippen LogP contribution is 2.19. The van der Waals surface area contributed by atoms with Gasteiger partial charge in [0, 0.05) is 26.0 Å². The SMILES string of the molecule is Cc1nn(C)c(NCc2ccncc2)c1C(N)=S. The van der Waals surface area contributed by atoms with E-state index in [1.807, 2.05) is 26.1 Å². The Bertz CT molecular complexity index is 561. The number of anilines is 1. The fourth-order valence-corrected chi connectivity index (χ4v) is 2.09. The minimum atomic E-state index is 0.359. The Kier molecular flexibility index (Phi) is 3.57. The van der Waals surface area contributed by atoms with Crippen LogP contribution in [0.3, 0.4) is 0 Å². The first-order chi connectivity index (χ1) is 8.59. The van der Waals surface area contributed by atoms with Crippen molar-refractivity contribution in [3.8, 4) is 0 Å². The standard InChI is InChI=1S/C12H15N5S/c1-8-10(11(13)18)12(17(2)16-8)15-7-9-3-5-14-6-4-9/h3-6,15H,7H2,1-2H3,(H2,13,18). The van der Waals surface area contributed by atoms with Crippen molar-refractivity contribution in [2.75, 3.05) is 5.32 Å². The van der Waals surface area contributed by atoms with Crippen molar-refractivity contribution >= 4 is 23.0 Å². The minimum absolute atomic E-state index is 0.359. The van der Waals surface area contributed by atoms with Crippen molar-refractivity contribution < 1.29 is 0 Å². The zero-order valence-corrected chi connectivity index (χ0v) is 11.2. The van der Waals surface area contributed by atoms with Crippen molar-refractivity contribution in [3.05, 3.63) is 41.3 Å². The fraction of sp³-hybridized carbons (Fsp3) is 0.250. The smallest absolute Gasteiger partial charge is 0.134 e. The summed E-state index contributed by atoms with van der Waals surface area (Å²) in [7, 11) is 1.86. The summed E-state index contributed by atoms with van der Waals surface area (Å²) in [6.45, 7) is 2.57. The molecule has 0 unspecified atom stereocenters. The van der Waals surface area contributed by atoms with Gasteiger partial charge in [0.1, 0.15) is 10.8 Å². The number of rotatable bonds is 4. The Morgan fingerprint density at radius 3 is 2.72 bits per heavy atom. The first-order valence-electron chi connectivity index (χ1n) is 5.55. The molecule has 2 aromatic rings. The third kappa shape index (κ3) is 2.48. The summed E-state index contributed by atoms with van der Waals surface area (Å²) in [4.78, 5) is 4.34. The van der Waals surface area contributed by atoms with Crippen molar-refractivity contribution in [2.24, 2.45) is 12.8 Å². The molecule has 0 aromatic carbocycles. The van der Waals surface area contributed by atoms with E-state index < -0.39 is 0 Å². The molecule has 0 saturated heterocycles. The second kappa shape index (κ2) is 5.14. The molecule has 0 aliphatic rings. The van der Waals surface area contributed by atoms with Crippen LogP contribution >= 0.6 is 12.2 Å². The number of aryl methyl sites for hydroxylation is 2. The van der Waals surface area contributed by atoms with Crippen LogP contribution in [0.2, 0.25) is 0 Å². The second-order valence-corrected chi connectivity index (χ2v) is 4.45. The van der Waals surface area contributed by atoms with E-state index in [9.17, 15) is 0 Å². The molecule has 2 heterocycles. The van der Waals surface area contributed by atoms with Crippen LogP contribution in [0.1, 0.15) is 16.8 Å². The van der Waals surface area contributed by atoms with Gasteiger partial charge in [0.05, 0.1) is 11.3 Å². The lowest BCUT2D eigenvalue weighted by Gasteiger charge is -2.09. The molecule has 0 radical (unpaired) electrons. The lowest BCUT2D eigenvalue weighted by molar-refractivity contribution is 0.758. The molecule has 5 nitrogen and oxygen atoms in total. The highest BCUT2D eigenvalue weighted by atomic mass is 32.1. The number of hydrogen-bond donors (Lipinski definition) is 2. The molecular formula is C12H15N5S. The monoisotopic (exact) mass is 261 g/mol. The van der Waals surface area contributed by atoms with Crippen LogP contribution in [0.5, 0.6) is 0 Å². The Hall–Kier alpha value is -1.95. The largest absolute Gasteiger partial charge is 0.389 e. The lowest BCUT2D eigenvalue weighted by Crippen LogP contribution is -2.14. The Morgan fingerprint density at radius 1 is 1.44 bits per heavy atom. The molecular weight excluding hydrogens is 246 g/mol. The molecule has 0 atom stereocenters. The van der Waals surface area contributed by atoms with E-state index in [0.717, 1.165) is 22.6 Å². The molecule has 2 rings (SSSR count). The van der Waals surface area contributed by atoms with E-state index in [0.29, 0.717) is 11.5 Å². The summed E-state index contributed by atoms with van der Waals surface area (Å²) < 4.78 is 1.75. The molecule has 3 N–H and O–H groups in total. The van der Waals surface area contributed by atoms with E-state index in [2.05, 4.69) is 15.4 Å². The van der Waals surface area contributed by atoms with E-state index in [1.165, 1.54) is 0 Å². The van der Waals surface area contributed by atoms with Crippen LogP contribution in [0, 0.1) is 6.92 Å². The number of thiocarbonyl (C=S) groups is 1. The van der Waals surface area contributed by atoms with Crippen LogP contribution < -0.4 is 11.1 Å². The predicted molar refractivity (Wildman–Crippen MR) is 75.4 cm³/mol. The van der Waals surface area contributed by atoms with Crippen molar-refractivity contribution in [1.29, 1.82) is 0 Å². The summed E-state index contributed by atoms with van der Waals surface area (Å²) in [5.41, 5.74) is 8.50. The van der Waals surface area contributed by atoms with Crippen molar-refractivity contribution in [3.63, 3.8) is 0 Å². The van der Waals surface area contributed by atoms with Gasteiger partial charge in [-0.05, 0) is 24.6 Å². The molecule has 0 spiro atoms. The number of hydrogen-bond acceptors (Lipinski definition) is 4. The number of pyridine rings is 1. The van der Waals surface area contributed by atoms with Gasteiger partial charge in [0.2, 0.25) is 0 Å². The normalized spacial score (nSPS) is 10.3. The zero-order valence-electron chi connectivity index (χ0n) is 10.3. The highest BCUT2D eigenvalue weighted by Gasteiger charge is 2.14. The van der Waals surface area contributed by atoms with Crippen LogP contribution in [-0.2, 0) is 13.6 Å². The van der Waals surface area contributed by atoms with Gasteiger partial charge in [-0.1, -0.05) is 12.2 Å². The molecule has 0 bridgehead atoms. The van der Waals surface area contributed by atoms with Gasteiger partial charge in [-0.2, -0.15) is 5.10 Å². The van der Waals surface area contributed by atoms with E-state index in [1.54, 1.807) is 17.1 Å². The van der Waals surface area contributed by atoms with Crippen LogP contribution in [0.25, 0.3) is 0 Å². The first-order valence-corrected chi connectivity index (χ1v) is 5.96. The lowest BCUT2D eigenvalue weighted by atomic mass is 10.2. The topological polar surface area (TPSA) is 68.8 Å². The molecule has 0 aliphatic carbocycles. The maximum absolute atomic E-state index is 5.73. The van der Waals surface area contributed by atoms with Crippen molar-refractivity contribution in [2.45, 2.75) is 13.5 Å². The molecule has 2 aromatic heterocycles. The average molecular weight is 261 g/mol. The van der Waals surface area contributed by atoms with Gasteiger partial charge in [-0.15, -0.1) is 0 Å². The first kappa shape index (κ1) is 12.5.